The standard InChI is InChI=1S/C14H23N3O/c1-2-7-14(8-4-9-15-10-14)13-16-12(17-18-13)11-5-3-6-11/h11,15H,2-10H2,1H3. The summed E-state index contributed by atoms with van der Waals surface area (Å²) >= 11 is 0. The highest BCUT2D eigenvalue weighted by Gasteiger charge is 2.39. The molecule has 2 fully saturated rings. The highest BCUT2D eigenvalue weighted by atomic mass is 16.5. The van der Waals surface area contributed by atoms with Gasteiger partial charge in [-0.2, -0.15) is 4.98 Å². The van der Waals surface area contributed by atoms with Crippen molar-refractivity contribution in [2.75, 3.05) is 13.1 Å². The maximum atomic E-state index is 5.62. The Bertz CT molecular complexity index is 386. The van der Waals surface area contributed by atoms with Crippen molar-refractivity contribution in [1.82, 2.24) is 15.5 Å². The van der Waals surface area contributed by atoms with Gasteiger partial charge < -0.3 is 9.84 Å². The summed E-state index contributed by atoms with van der Waals surface area (Å²) in [5, 5.41) is 7.72. The number of hydrogen-bond acceptors (Lipinski definition) is 4. The highest BCUT2D eigenvalue weighted by molar-refractivity contribution is 5.10. The Labute approximate surface area is 109 Å². The van der Waals surface area contributed by atoms with Gasteiger partial charge in [0, 0.05) is 12.5 Å². The first-order chi connectivity index (χ1) is 8.84. The van der Waals surface area contributed by atoms with Crippen molar-refractivity contribution < 1.29 is 4.52 Å². The molecule has 0 spiro atoms. The van der Waals surface area contributed by atoms with Crippen LogP contribution in [0.4, 0.5) is 0 Å². The molecular weight excluding hydrogens is 226 g/mol. The van der Waals surface area contributed by atoms with E-state index in [0.717, 1.165) is 31.2 Å². The predicted molar refractivity (Wildman–Crippen MR) is 69.6 cm³/mol. The minimum Gasteiger partial charge on any atom is -0.339 e. The number of aromatic nitrogens is 2. The van der Waals surface area contributed by atoms with Crippen molar-refractivity contribution in [2.24, 2.45) is 0 Å². The van der Waals surface area contributed by atoms with Crippen LogP contribution in [0.5, 0.6) is 0 Å². The zero-order valence-electron chi connectivity index (χ0n) is 11.2. The summed E-state index contributed by atoms with van der Waals surface area (Å²) in [5.41, 5.74) is 0.0992. The van der Waals surface area contributed by atoms with Crippen molar-refractivity contribution in [3.63, 3.8) is 0 Å². The van der Waals surface area contributed by atoms with E-state index < -0.39 is 0 Å². The molecule has 0 amide bonds. The minimum absolute atomic E-state index is 0.0992. The van der Waals surface area contributed by atoms with E-state index in [-0.39, 0.29) is 5.41 Å². The second kappa shape index (κ2) is 5.00. The summed E-state index contributed by atoms with van der Waals surface area (Å²) in [6.07, 6.45) is 8.49. The number of nitrogens with one attached hydrogen (secondary N) is 1. The lowest BCUT2D eigenvalue weighted by atomic mass is 9.76. The van der Waals surface area contributed by atoms with Gasteiger partial charge >= 0.3 is 0 Å². The topological polar surface area (TPSA) is 51.0 Å². The van der Waals surface area contributed by atoms with Gasteiger partial charge in [-0.05, 0) is 38.6 Å². The zero-order valence-corrected chi connectivity index (χ0v) is 11.2. The first-order valence-electron chi connectivity index (χ1n) is 7.39. The Morgan fingerprint density at radius 3 is 2.89 bits per heavy atom. The Morgan fingerprint density at radius 1 is 1.39 bits per heavy atom. The molecule has 1 N–H and O–H groups in total. The third-order valence-electron chi connectivity index (χ3n) is 4.57. The van der Waals surface area contributed by atoms with Crippen LogP contribution in [0.2, 0.25) is 0 Å². The predicted octanol–water partition coefficient (Wildman–Crippen LogP) is 2.76. The molecule has 2 aliphatic rings. The Balaban J connectivity index is 1.82. The summed E-state index contributed by atoms with van der Waals surface area (Å²) in [6.45, 7) is 4.35. The summed E-state index contributed by atoms with van der Waals surface area (Å²) < 4.78 is 5.62. The molecule has 1 saturated heterocycles. The maximum Gasteiger partial charge on any atom is 0.234 e. The molecule has 1 aromatic heterocycles. The van der Waals surface area contributed by atoms with E-state index in [1.54, 1.807) is 0 Å². The maximum absolute atomic E-state index is 5.62. The van der Waals surface area contributed by atoms with E-state index >= 15 is 0 Å². The van der Waals surface area contributed by atoms with Gasteiger partial charge in [-0.1, -0.05) is 24.9 Å². The smallest absolute Gasteiger partial charge is 0.234 e. The molecule has 18 heavy (non-hydrogen) atoms. The summed E-state index contributed by atoms with van der Waals surface area (Å²) in [4.78, 5) is 4.73. The van der Waals surface area contributed by atoms with Crippen molar-refractivity contribution in [3.8, 4) is 0 Å². The lowest BCUT2D eigenvalue weighted by Gasteiger charge is -2.34. The van der Waals surface area contributed by atoms with Gasteiger partial charge in [0.25, 0.3) is 0 Å². The fourth-order valence-corrected chi connectivity index (χ4v) is 3.23. The van der Waals surface area contributed by atoms with E-state index in [9.17, 15) is 0 Å². The molecule has 4 nitrogen and oxygen atoms in total. The zero-order chi connectivity index (χ0) is 12.4. The monoisotopic (exact) mass is 249 g/mol. The third-order valence-corrected chi connectivity index (χ3v) is 4.57. The van der Waals surface area contributed by atoms with Crippen LogP contribution in [0.15, 0.2) is 4.52 Å². The number of nitrogens with zero attached hydrogens (tertiary/aromatic N) is 2. The minimum atomic E-state index is 0.0992. The summed E-state index contributed by atoms with van der Waals surface area (Å²) in [6, 6.07) is 0. The normalized spacial score (nSPS) is 29.2. The Morgan fingerprint density at radius 2 is 2.28 bits per heavy atom. The van der Waals surface area contributed by atoms with Crippen LogP contribution < -0.4 is 5.32 Å². The molecule has 100 valence electrons. The van der Waals surface area contributed by atoms with Crippen LogP contribution in [0.3, 0.4) is 0 Å². The summed E-state index contributed by atoms with van der Waals surface area (Å²) in [7, 11) is 0. The van der Waals surface area contributed by atoms with Crippen LogP contribution in [0.25, 0.3) is 0 Å². The van der Waals surface area contributed by atoms with E-state index in [4.69, 9.17) is 9.51 Å². The fourth-order valence-electron chi connectivity index (χ4n) is 3.23. The fraction of sp³-hybridized carbons (Fsp3) is 0.857. The Kier molecular flexibility index (Phi) is 3.37. The van der Waals surface area contributed by atoms with Gasteiger partial charge in [-0.15, -0.1) is 0 Å². The van der Waals surface area contributed by atoms with E-state index in [2.05, 4.69) is 17.4 Å². The van der Waals surface area contributed by atoms with E-state index in [1.165, 1.54) is 38.5 Å². The number of piperidine rings is 1. The second-order valence-corrected chi connectivity index (χ2v) is 5.90. The van der Waals surface area contributed by atoms with Crippen LogP contribution >= 0.6 is 0 Å². The third kappa shape index (κ3) is 2.07. The van der Waals surface area contributed by atoms with Gasteiger partial charge in [0.05, 0.1) is 5.41 Å². The molecule has 1 unspecified atom stereocenters. The first kappa shape index (κ1) is 12.2. The molecular formula is C14H23N3O. The Hall–Kier alpha value is -0.900. The second-order valence-electron chi connectivity index (χ2n) is 5.90. The summed E-state index contributed by atoms with van der Waals surface area (Å²) in [5.74, 6) is 2.41. The molecule has 4 heteroatoms. The molecule has 1 aliphatic carbocycles. The average Bonchev–Trinajstić information content (AvgIpc) is 2.78. The lowest BCUT2D eigenvalue weighted by Crippen LogP contribution is -2.43. The quantitative estimate of drug-likeness (QED) is 0.891. The van der Waals surface area contributed by atoms with Gasteiger partial charge in [0.15, 0.2) is 5.82 Å². The molecule has 0 radical (unpaired) electrons. The van der Waals surface area contributed by atoms with Crippen molar-refractivity contribution >= 4 is 0 Å². The average molecular weight is 249 g/mol. The van der Waals surface area contributed by atoms with Crippen molar-refractivity contribution in [3.05, 3.63) is 11.7 Å². The van der Waals surface area contributed by atoms with Crippen LogP contribution in [-0.2, 0) is 5.41 Å². The van der Waals surface area contributed by atoms with Crippen LogP contribution in [0.1, 0.15) is 69.5 Å². The largest absolute Gasteiger partial charge is 0.339 e. The molecule has 1 aliphatic heterocycles. The molecule has 3 rings (SSSR count). The van der Waals surface area contributed by atoms with Gasteiger partial charge in [-0.3, -0.25) is 0 Å². The van der Waals surface area contributed by atoms with E-state index in [1.807, 2.05) is 0 Å². The SMILES string of the molecule is CCCC1(c2nc(C3CCC3)no2)CCCNC1. The van der Waals surface area contributed by atoms with Crippen molar-refractivity contribution in [1.29, 1.82) is 0 Å². The first-order valence-corrected chi connectivity index (χ1v) is 7.39. The van der Waals surface area contributed by atoms with Gasteiger partial charge in [0.2, 0.25) is 5.89 Å². The molecule has 0 aromatic carbocycles. The number of hydrogen-bond donors (Lipinski definition) is 1. The van der Waals surface area contributed by atoms with Crippen molar-refractivity contribution in [2.45, 2.75) is 63.2 Å². The number of rotatable bonds is 4. The lowest BCUT2D eigenvalue weighted by molar-refractivity contribution is 0.212. The van der Waals surface area contributed by atoms with E-state index in [0.29, 0.717) is 5.92 Å². The molecule has 1 saturated carbocycles. The molecule has 2 heterocycles. The van der Waals surface area contributed by atoms with Gasteiger partial charge in [0.1, 0.15) is 0 Å². The molecule has 0 bridgehead atoms. The van der Waals surface area contributed by atoms with Gasteiger partial charge in [-0.25, -0.2) is 0 Å². The van der Waals surface area contributed by atoms with Crippen LogP contribution in [-0.4, -0.2) is 23.2 Å². The molecule has 1 aromatic rings. The molecule has 1 atom stereocenters. The van der Waals surface area contributed by atoms with Crippen LogP contribution in [0, 0.1) is 0 Å². The highest BCUT2D eigenvalue weighted by Crippen LogP contribution is 2.38.